The summed E-state index contributed by atoms with van der Waals surface area (Å²) in [5.41, 5.74) is 1.11. The van der Waals surface area contributed by atoms with Crippen molar-refractivity contribution in [1.82, 2.24) is 15.6 Å². The predicted octanol–water partition coefficient (Wildman–Crippen LogP) is 1.81. The van der Waals surface area contributed by atoms with Gasteiger partial charge >= 0.3 is 0 Å². The number of aliphatic hydroxyl groups excluding tert-OH is 1. The summed E-state index contributed by atoms with van der Waals surface area (Å²) in [6.45, 7) is 6.04. The summed E-state index contributed by atoms with van der Waals surface area (Å²) in [5.74, 6) is -0.567. The molecule has 0 spiro atoms. The molecule has 1 unspecified atom stereocenters. The van der Waals surface area contributed by atoms with Crippen molar-refractivity contribution in [2.24, 2.45) is 5.41 Å². The molecule has 0 aliphatic heterocycles. The molecule has 130 valence electrons. The number of aromatic nitrogens is 1. The minimum absolute atomic E-state index is 0.0844. The average molecular weight is 331 g/mol. The number of rotatable bonds is 7. The van der Waals surface area contributed by atoms with E-state index in [0.29, 0.717) is 18.7 Å². The lowest BCUT2D eigenvalue weighted by molar-refractivity contribution is -0.120. The fourth-order valence-corrected chi connectivity index (χ4v) is 2.72. The highest BCUT2D eigenvalue weighted by Gasteiger charge is 2.21. The molecule has 1 aromatic heterocycles. The van der Waals surface area contributed by atoms with Crippen LogP contribution >= 0.6 is 0 Å². The molecule has 24 heavy (non-hydrogen) atoms. The van der Waals surface area contributed by atoms with Gasteiger partial charge < -0.3 is 20.7 Å². The summed E-state index contributed by atoms with van der Waals surface area (Å²) in [6, 6.07) is 9.36. The zero-order chi connectivity index (χ0) is 17.7. The Morgan fingerprint density at radius 2 is 1.96 bits per heavy atom. The van der Waals surface area contributed by atoms with Crippen molar-refractivity contribution >= 4 is 22.7 Å². The van der Waals surface area contributed by atoms with Crippen LogP contribution in [0.15, 0.2) is 30.3 Å². The number of amides is 2. The molecule has 0 saturated heterocycles. The lowest BCUT2D eigenvalue weighted by Gasteiger charge is -2.26. The molecule has 0 aliphatic carbocycles. The number of aromatic amines is 1. The van der Waals surface area contributed by atoms with Gasteiger partial charge in [-0.2, -0.15) is 0 Å². The van der Waals surface area contributed by atoms with Crippen molar-refractivity contribution in [1.29, 1.82) is 0 Å². The molecule has 0 saturated carbocycles. The number of aliphatic hydroxyl groups is 1. The van der Waals surface area contributed by atoms with Crippen LogP contribution in [-0.2, 0) is 4.79 Å². The van der Waals surface area contributed by atoms with E-state index in [4.69, 9.17) is 0 Å². The highest BCUT2D eigenvalue weighted by molar-refractivity contribution is 5.99. The minimum Gasteiger partial charge on any atom is -0.393 e. The molecule has 2 aromatic rings. The molecule has 1 aromatic carbocycles. The Balaban J connectivity index is 1.82. The number of carbonyl (C=O) groups is 2. The Bertz CT molecular complexity index is 686. The first-order valence-electron chi connectivity index (χ1n) is 8.07. The van der Waals surface area contributed by atoms with Crippen molar-refractivity contribution in [2.75, 3.05) is 13.1 Å². The maximum atomic E-state index is 12.1. The molecule has 2 amide bonds. The van der Waals surface area contributed by atoms with E-state index in [1.54, 1.807) is 13.0 Å². The first-order valence-corrected chi connectivity index (χ1v) is 8.07. The summed E-state index contributed by atoms with van der Waals surface area (Å²) in [7, 11) is 0. The van der Waals surface area contributed by atoms with Gasteiger partial charge in [-0.1, -0.05) is 32.0 Å². The zero-order valence-electron chi connectivity index (χ0n) is 14.3. The molecule has 1 heterocycles. The number of H-pyrrole nitrogens is 1. The number of para-hydroxylation sites is 1. The van der Waals surface area contributed by atoms with Crippen LogP contribution < -0.4 is 10.6 Å². The van der Waals surface area contributed by atoms with Gasteiger partial charge in [0.25, 0.3) is 5.91 Å². The van der Waals surface area contributed by atoms with Gasteiger partial charge in [0, 0.05) is 17.4 Å². The van der Waals surface area contributed by atoms with Crippen molar-refractivity contribution in [2.45, 2.75) is 33.3 Å². The number of hydrogen-bond donors (Lipinski definition) is 4. The average Bonchev–Trinajstić information content (AvgIpc) is 2.93. The molecular formula is C18H25N3O3. The summed E-state index contributed by atoms with van der Waals surface area (Å²) in [6.07, 6.45) is 0.174. The molecule has 0 fully saturated rings. The third-order valence-electron chi connectivity index (χ3n) is 3.80. The van der Waals surface area contributed by atoms with Gasteiger partial charge in [-0.25, -0.2) is 0 Å². The standard InChI is InChI=1S/C18H25N3O3/c1-12(22)9-18(2,3)11-20-16(23)10-19-17(24)15-8-13-6-4-5-7-14(13)21-15/h4-8,12,21-22H,9-11H2,1-3H3,(H,19,24)(H,20,23). The van der Waals surface area contributed by atoms with Crippen LogP contribution in [0.25, 0.3) is 10.9 Å². The molecule has 2 rings (SSSR count). The normalized spacial score (nSPS) is 12.8. The van der Waals surface area contributed by atoms with E-state index in [9.17, 15) is 14.7 Å². The van der Waals surface area contributed by atoms with Gasteiger partial charge in [-0.15, -0.1) is 0 Å². The number of benzene rings is 1. The van der Waals surface area contributed by atoms with Gasteiger partial charge in [0.2, 0.25) is 5.91 Å². The Morgan fingerprint density at radius 1 is 1.25 bits per heavy atom. The fraction of sp³-hybridized carbons (Fsp3) is 0.444. The topological polar surface area (TPSA) is 94.2 Å². The maximum absolute atomic E-state index is 12.1. The minimum atomic E-state index is -0.418. The maximum Gasteiger partial charge on any atom is 0.268 e. The molecule has 6 nitrogen and oxygen atoms in total. The van der Waals surface area contributed by atoms with E-state index < -0.39 is 6.10 Å². The molecule has 1 atom stereocenters. The van der Waals surface area contributed by atoms with Gasteiger partial charge in [-0.05, 0) is 30.9 Å². The van der Waals surface area contributed by atoms with Crippen molar-refractivity contribution in [3.8, 4) is 0 Å². The quantitative estimate of drug-likeness (QED) is 0.623. The summed E-state index contributed by atoms with van der Waals surface area (Å²) in [5, 5.41) is 15.8. The summed E-state index contributed by atoms with van der Waals surface area (Å²) >= 11 is 0. The van der Waals surface area contributed by atoms with Gasteiger partial charge in [0.1, 0.15) is 5.69 Å². The summed E-state index contributed by atoms with van der Waals surface area (Å²) in [4.78, 5) is 27.0. The molecule has 0 aliphatic rings. The van der Waals surface area contributed by atoms with Crippen LogP contribution in [0.2, 0.25) is 0 Å². The number of hydrogen-bond acceptors (Lipinski definition) is 3. The first-order chi connectivity index (χ1) is 11.3. The largest absolute Gasteiger partial charge is 0.393 e. The van der Waals surface area contributed by atoms with E-state index in [1.807, 2.05) is 38.1 Å². The van der Waals surface area contributed by atoms with E-state index in [0.717, 1.165) is 10.9 Å². The monoisotopic (exact) mass is 331 g/mol. The highest BCUT2D eigenvalue weighted by Crippen LogP contribution is 2.20. The molecule has 4 N–H and O–H groups in total. The van der Waals surface area contributed by atoms with Gasteiger partial charge in [0.05, 0.1) is 12.6 Å². The van der Waals surface area contributed by atoms with Crippen molar-refractivity contribution in [3.05, 3.63) is 36.0 Å². The highest BCUT2D eigenvalue weighted by atomic mass is 16.3. The lowest BCUT2D eigenvalue weighted by Crippen LogP contribution is -2.41. The lowest BCUT2D eigenvalue weighted by atomic mass is 9.87. The van der Waals surface area contributed by atoms with Crippen LogP contribution in [0.3, 0.4) is 0 Å². The van der Waals surface area contributed by atoms with Crippen LogP contribution in [0.4, 0.5) is 0 Å². The van der Waals surface area contributed by atoms with Crippen LogP contribution in [0.5, 0.6) is 0 Å². The molecule has 0 bridgehead atoms. The molecule has 0 radical (unpaired) electrons. The Morgan fingerprint density at radius 3 is 2.62 bits per heavy atom. The second-order valence-corrected chi connectivity index (χ2v) is 6.95. The second-order valence-electron chi connectivity index (χ2n) is 6.95. The summed E-state index contributed by atoms with van der Waals surface area (Å²) < 4.78 is 0. The van der Waals surface area contributed by atoms with Gasteiger partial charge in [-0.3, -0.25) is 9.59 Å². The number of nitrogens with one attached hydrogen (secondary N) is 3. The smallest absolute Gasteiger partial charge is 0.268 e. The van der Waals surface area contributed by atoms with Crippen molar-refractivity contribution in [3.63, 3.8) is 0 Å². The second kappa shape index (κ2) is 7.49. The number of carbonyl (C=O) groups excluding carboxylic acids is 2. The number of fused-ring (bicyclic) bond motifs is 1. The van der Waals surface area contributed by atoms with Gasteiger partial charge in [0.15, 0.2) is 0 Å². The third-order valence-corrected chi connectivity index (χ3v) is 3.80. The fourth-order valence-electron chi connectivity index (χ4n) is 2.72. The van der Waals surface area contributed by atoms with E-state index >= 15 is 0 Å². The van der Waals surface area contributed by atoms with Crippen LogP contribution in [0.1, 0.15) is 37.7 Å². The SMILES string of the molecule is CC(O)CC(C)(C)CNC(=O)CNC(=O)c1cc2ccccc2[nH]1. The van der Waals surface area contributed by atoms with Crippen LogP contribution in [0, 0.1) is 5.41 Å². The van der Waals surface area contributed by atoms with E-state index in [-0.39, 0.29) is 23.8 Å². The first kappa shape index (κ1) is 18.0. The Labute approximate surface area is 141 Å². The zero-order valence-corrected chi connectivity index (χ0v) is 14.3. The van der Waals surface area contributed by atoms with Crippen molar-refractivity contribution < 1.29 is 14.7 Å². The van der Waals surface area contributed by atoms with E-state index in [1.165, 1.54) is 0 Å². The molecular weight excluding hydrogens is 306 g/mol. The third kappa shape index (κ3) is 5.09. The predicted molar refractivity (Wildman–Crippen MR) is 93.7 cm³/mol. The van der Waals surface area contributed by atoms with Crippen LogP contribution in [-0.4, -0.2) is 41.1 Å². The Kier molecular flexibility index (Phi) is 5.62. The van der Waals surface area contributed by atoms with E-state index in [2.05, 4.69) is 15.6 Å². The Hall–Kier alpha value is -2.34. The molecule has 6 heteroatoms.